The highest BCUT2D eigenvalue weighted by Crippen LogP contribution is 2.53. The zero-order valence-corrected chi connectivity index (χ0v) is 21.9. The number of methoxy groups -OCH3 is 1. The molecule has 0 radical (unpaired) electrons. The summed E-state index contributed by atoms with van der Waals surface area (Å²) in [6.07, 6.45) is 5.96. The fourth-order valence-corrected chi connectivity index (χ4v) is 7.81. The van der Waals surface area contributed by atoms with Crippen LogP contribution in [-0.4, -0.2) is 18.9 Å². The third kappa shape index (κ3) is 3.91. The lowest BCUT2D eigenvalue weighted by Gasteiger charge is -2.43. The van der Waals surface area contributed by atoms with Crippen LogP contribution in [0.25, 0.3) is 0 Å². The summed E-state index contributed by atoms with van der Waals surface area (Å²) in [4.78, 5) is 29.8. The second-order valence-electron chi connectivity index (χ2n) is 10.3. The Bertz CT molecular complexity index is 1310. The molecule has 0 spiro atoms. The molecule has 0 saturated carbocycles. The number of thiophene rings is 2. The summed E-state index contributed by atoms with van der Waals surface area (Å²) in [6.45, 7) is 4.16. The lowest BCUT2D eigenvalue weighted by atomic mass is 9.69. The Morgan fingerprint density at radius 1 is 1.26 bits per heavy atom. The van der Waals surface area contributed by atoms with Gasteiger partial charge in [0.25, 0.3) is 0 Å². The Hall–Kier alpha value is -2.89. The molecule has 3 aliphatic rings. The summed E-state index contributed by atoms with van der Waals surface area (Å²) in [6, 6.07) is 4.28. The predicted molar refractivity (Wildman–Crippen MR) is 138 cm³/mol. The molecule has 0 fully saturated rings. The van der Waals surface area contributed by atoms with Gasteiger partial charge in [-0.25, -0.2) is 4.79 Å². The Kier molecular flexibility index (Phi) is 6.10. The number of rotatable bonds is 3. The number of fused-ring (bicyclic) bond motifs is 1. The summed E-state index contributed by atoms with van der Waals surface area (Å²) in [5, 5.41) is 14.9. The molecule has 6 nitrogen and oxygen atoms in total. The van der Waals surface area contributed by atoms with Crippen molar-refractivity contribution in [1.82, 2.24) is 0 Å². The lowest BCUT2D eigenvalue weighted by molar-refractivity contribution is -0.118. The maximum atomic E-state index is 13.7. The predicted octanol–water partition coefficient (Wildman–Crippen LogP) is 5.81. The van der Waals surface area contributed by atoms with E-state index in [4.69, 9.17) is 10.5 Å². The van der Waals surface area contributed by atoms with Gasteiger partial charge in [-0.15, -0.1) is 11.3 Å². The number of esters is 1. The van der Waals surface area contributed by atoms with E-state index in [1.54, 1.807) is 11.3 Å². The van der Waals surface area contributed by atoms with E-state index in [1.165, 1.54) is 23.3 Å². The fraction of sp³-hybridized carbons (Fsp3) is 0.444. The van der Waals surface area contributed by atoms with E-state index in [0.29, 0.717) is 40.4 Å². The van der Waals surface area contributed by atoms with Crippen molar-refractivity contribution in [2.24, 2.45) is 11.1 Å². The topological polar surface area (TPSA) is 96.4 Å². The standard InChI is InChI=1S/C27H29N3O3S2/c1-27(2)11-18-23(19(31)12-27)21(15-9-10-34-14-15)17(13-28)24(29)30(18)25-22(26(32)33-3)16-7-5-4-6-8-20(16)35-25/h9-10,14,21H,4-8,11-12,29H2,1-3H3/t21-/m1/s1. The first-order valence-electron chi connectivity index (χ1n) is 12.0. The maximum absolute atomic E-state index is 13.7. The quantitative estimate of drug-likeness (QED) is 0.416. The minimum absolute atomic E-state index is 0.0374. The molecule has 0 aromatic carbocycles. The number of carbonyl (C=O) groups excluding carboxylic acids is 2. The van der Waals surface area contributed by atoms with Gasteiger partial charge < -0.3 is 10.5 Å². The van der Waals surface area contributed by atoms with Crippen LogP contribution in [0.3, 0.4) is 0 Å². The number of nitrogens with zero attached hydrogens (tertiary/aromatic N) is 2. The molecular formula is C27H29N3O3S2. The minimum atomic E-state index is -0.486. The number of allylic oxidation sites excluding steroid dienone is 3. The minimum Gasteiger partial charge on any atom is -0.465 e. The van der Waals surface area contributed by atoms with Crippen LogP contribution in [0.5, 0.6) is 0 Å². The van der Waals surface area contributed by atoms with E-state index < -0.39 is 11.9 Å². The largest absolute Gasteiger partial charge is 0.465 e. The molecule has 1 atom stereocenters. The summed E-state index contributed by atoms with van der Waals surface area (Å²) in [5.41, 5.74) is 10.8. The number of nitrogens with two attached hydrogens (primary N) is 1. The third-order valence-corrected chi connectivity index (χ3v) is 9.23. The van der Waals surface area contributed by atoms with Crippen molar-refractivity contribution in [3.05, 3.63) is 61.1 Å². The van der Waals surface area contributed by atoms with Crippen LogP contribution < -0.4 is 10.6 Å². The average Bonchev–Trinajstić information content (AvgIpc) is 3.40. The first-order chi connectivity index (χ1) is 16.8. The van der Waals surface area contributed by atoms with Gasteiger partial charge >= 0.3 is 5.97 Å². The van der Waals surface area contributed by atoms with Crippen LogP contribution in [0.1, 0.15) is 78.2 Å². The van der Waals surface area contributed by atoms with Gasteiger partial charge in [-0.2, -0.15) is 16.6 Å². The van der Waals surface area contributed by atoms with Crippen LogP contribution >= 0.6 is 22.7 Å². The van der Waals surface area contributed by atoms with E-state index in [0.717, 1.165) is 48.9 Å². The summed E-state index contributed by atoms with van der Waals surface area (Å²) < 4.78 is 5.24. The van der Waals surface area contributed by atoms with E-state index in [-0.39, 0.29) is 11.2 Å². The Morgan fingerprint density at radius 3 is 2.71 bits per heavy atom. The lowest BCUT2D eigenvalue weighted by Crippen LogP contribution is -2.42. The zero-order chi connectivity index (χ0) is 24.9. The molecule has 182 valence electrons. The Morgan fingerprint density at radius 2 is 2.03 bits per heavy atom. The van der Waals surface area contributed by atoms with Crippen LogP contribution in [-0.2, 0) is 22.4 Å². The fourth-order valence-electron chi connectivity index (χ4n) is 5.71. The van der Waals surface area contributed by atoms with E-state index in [2.05, 4.69) is 19.9 Å². The van der Waals surface area contributed by atoms with Gasteiger partial charge in [0, 0.05) is 22.6 Å². The Labute approximate surface area is 213 Å². The first kappa shape index (κ1) is 23.8. The average molecular weight is 508 g/mol. The number of aryl methyl sites for hydroxylation is 1. The molecule has 35 heavy (non-hydrogen) atoms. The molecule has 0 amide bonds. The molecule has 0 unspecified atom stereocenters. The van der Waals surface area contributed by atoms with E-state index >= 15 is 0 Å². The number of hydrogen-bond donors (Lipinski definition) is 1. The SMILES string of the molecule is COC(=O)c1c(N2C(N)=C(C#N)[C@@H](c3ccsc3)C3=C2CC(C)(C)CC3=O)sc2c1CCCCC2. The monoisotopic (exact) mass is 507 g/mol. The second kappa shape index (κ2) is 8.96. The number of carbonyl (C=O) groups is 2. The van der Waals surface area contributed by atoms with Gasteiger partial charge in [-0.3, -0.25) is 9.69 Å². The summed E-state index contributed by atoms with van der Waals surface area (Å²) in [7, 11) is 1.40. The molecule has 1 aliphatic heterocycles. The maximum Gasteiger partial charge on any atom is 0.341 e. The van der Waals surface area contributed by atoms with Crippen molar-refractivity contribution in [1.29, 1.82) is 5.26 Å². The molecule has 8 heteroatoms. The van der Waals surface area contributed by atoms with Gasteiger partial charge in [-0.1, -0.05) is 20.3 Å². The van der Waals surface area contributed by atoms with Gasteiger partial charge in [-0.05, 0) is 65.5 Å². The van der Waals surface area contributed by atoms with Crippen molar-refractivity contribution >= 4 is 39.4 Å². The van der Waals surface area contributed by atoms with Crippen LogP contribution in [0.2, 0.25) is 0 Å². The number of Topliss-reactive ketones (excluding diaryl/α,β-unsaturated/α-hetero) is 1. The van der Waals surface area contributed by atoms with Crippen molar-refractivity contribution in [2.45, 2.75) is 64.7 Å². The highest BCUT2D eigenvalue weighted by atomic mass is 32.1. The van der Waals surface area contributed by atoms with Gasteiger partial charge in [0.2, 0.25) is 0 Å². The normalized spacial score (nSPS) is 21.8. The second-order valence-corrected chi connectivity index (χ2v) is 12.1. The molecule has 2 aliphatic carbocycles. The van der Waals surface area contributed by atoms with Gasteiger partial charge in [0.1, 0.15) is 10.8 Å². The van der Waals surface area contributed by atoms with Gasteiger partial charge in [0.05, 0.1) is 30.2 Å². The number of anilines is 1. The smallest absolute Gasteiger partial charge is 0.341 e. The highest BCUT2D eigenvalue weighted by molar-refractivity contribution is 7.16. The third-order valence-electron chi connectivity index (χ3n) is 7.25. The molecule has 0 bridgehead atoms. The first-order valence-corrected chi connectivity index (χ1v) is 13.7. The number of hydrogen-bond acceptors (Lipinski definition) is 8. The molecule has 0 saturated heterocycles. The van der Waals surface area contributed by atoms with Crippen molar-refractivity contribution in [3.8, 4) is 6.07 Å². The van der Waals surface area contributed by atoms with Crippen LogP contribution in [0, 0.1) is 16.7 Å². The molecule has 3 heterocycles. The zero-order valence-electron chi connectivity index (χ0n) is 20.3. The van der Waals surface area contributed by atoms with Crippen molar-refractivity contribution in [3.63, 3.8) is 0 Å². The Balaban J connectivity index is 1.80. The number of ketones is 1. The van der Waals surface area contributed by atoms with Crippen molar-refractivity contribution < 1.29 is 14.3 Å². The van der Waals surface area contributed by atoms with Crippen LogP contribution in [0.4, 0.5) is 5.00 Å². The molecule has 5 rings (SSSR count). The van der Waals surface area contributed by atoms with E-state index in [9.17, 15) is 14.9 Å². The number of nitriles is 1. The molecule has 2 aromatic rings. The highest BCUT2D eigenvalue weighted by Gasteiger charge is 2.46. The molecule has 2 aromatic heterocycles. The van der Waals surface area contributed by atoms with Crippen LogP contribution in [0.15, 0.2) is 39.5 Å². The molecular weight excluding hydrogens is 478 g/mol. The number of ether oxygens (including phenoxy) is 1. The summed E-state index contributed by atoms with van der Waals surface area (Å²) in [5.74, 6) is -0.542. The van der Waals surface area contributed by atoms with Crippen molar-refractivity contribution in [2.75, 3.05) is 12.0 Å². The van der Waals surface area contributed by atoms with Gasteiger partial charge in [0.15, 0.2) is 5.78 Å². The molecule has 2 N–H and O–H groups in total. The van der Waals surface area contributed by atoms with E-state index in [1.807, 2.05) is 21.7 Å². The summed E-state index contributed by atoms with van der Waals surface area (Å²) >= 11 is 3.09.